The fraction of sp³-hybridized carbons (Fsp3) is 0.185. The third kappa shape index (κ3) is 5.59. The van der Waals surface area contributed by atoms with Crippen molar-refractivity contribution in [2.75, 3.05) is 14.2 Å². The van der Waals surface area contributed by atoms with Crippen LogP contribution in [0.5, 0.6) is 23.0 Å². The van der Waals surface area contributed by atoms with E-state index in [0.29, 0.717) is 29.4 Å². The highest BCUT2D eigenvalue weighted by Crippen LogP contribution is 2.37. The summed E-state index contributed by atoms with van der Waals surface area (Å²) < 4.78 is 16.9. The fourth-order valence-electron chi connectivity index (χ4n) is 3.66. The first-order valence-corrected chi connectivity index (χ1v) is 11.5. The highest BCUT2D eigenvalue weighted by Gasteiger charge is 2.13. The molecule has 0 saturated carbocycles. The number of benzene rings is 3. The van der Waals surface area contributed by atoms with E-state index in [9.17, 15) is 9.59 Å². The molecule has 4 aromatic rings. The number of carbonyl (C=O) groups excluding carboxylic acids is 2. The molecule has 4 rings (SSSR count). The lowest BCUT2D eigenvalue weighted by molar-refractivity contribution is -0.126. The van der Waals surface area contributed by atoms with Crippen LogP contribution in [-0.2, 0) is 22.4 Å². The zero-order valence-electron chi connectivity index (χ0n) is 18.5. The Morgan fingerprint density at radius 1 is 0.788 bits per heavy atom. The summed E-state index contributed by atoms with van der Waals surface area (Å²) in [7, 11) is 3.21. The molecular formula is C27H24O5S. The molecule has 0 aliphatic carbocycles. The predicted molar refractivity (Wildman–Crippen MR) is 130 cm³/mol. The van der Waals surface area contributed by atoms with Crippen molar-refractivity contribution < 1.29 is 23.8 Å². The summed E-state index contributed by atoms with van der Waals surface area (Å²) in [6.45, 7) is 0. The Morgan fingerprint density at radius 3 is 2.15 bits per heavy atom. The third-order valence-corrected chi connectivity index (χ3v) is 6.00. The first kappa shape index (κ1) is 22.6. The normalized spacial score (nSPS) is 10.7. The molecule has 0 aliphatic heterocycles. The number of ether oxygens (including phenoxy) is 3. The molecule has 0 atom stereocenters. The molecule has 1 aromatic heterocycles. The van der Waals surface area contributed by atoms with Crippen LogP contribution in [0, 0.1) is 0 Å². The van der Waals surface area contributed by atoms with E-state index in [1.54, 1.807) is 25.6 Å². The van der Waals surface area contributed by atoms with Crippen molar-refractivity contribution >= 4 is 33.7 Å². The van der Waals surface area contributed by atoms with Crippen LogP contribution < -0.4 is 14.2 Å². The molecule has 0 aliphatic rings. The van der Waals surface area contributed by atoms with Crippen LogP contribution in [0.3, 0.4) is 0 Å². The van der Waals surface area contributed by atoms with Gasteiger partial charge in [0.05, 0.1) is 20.6 Å². The summed E-state index contributed by atoms with van der Waals surface area (Å²) in [5.41, 5.74) is 1.81. The number of fused-ring (bicyclic) bond motifs is 1. The quantitative estimate of drug-likeness (QED) is 0.271. The zero-order chi connectivity index (χ0) is 23.2. The zero-order valence-corrected chi connectivity index (χ0v) is 19.3. The van der Waals surface area contributed by atoms with Gasteiger partial charge in [0.1, 0.15) is 23.1 Å². The van der Waals surface area contributed by atoms with E-state index in [0.717, 1.165) is 21.9 Å². The van der Waals surface area contributed by atoms with E-state index in [2.05, 4.69) is 0 Å². The largest absolute Gasteiger partial charge is 0.493 e. The van der Waals surface area contributed by atoms with E-state index in [1.165, 1.54) is 0 Å². The van der Waals surface area contributed by atoms with E-state index in [1.807, 2.05) is 71.4 Å². The molecule has 0 radical (unpaired) electrons. The van der Waals surface area contributed by atoms with Crippen LogP contribution >= 0.6 is 11.3 Å². The van der Waals surface area contributed by atoms with Gasteiger partial charge in [-0.15, -0.1) is 0 Å². The first-order chi connectivity index (χ1) is 16.1. The monoisotopic (exact) mass is 460 g/mol. The summed E-state index contributed by atoms with van der Waals surface area (Å²) in [5.74, 6) is 2.49. The summed E-state index contributed by atoms with van der Waals surface area (Å²) in [6.07, 6.45) is 0.486. The Hall–Kier alpha value is -3.64. The molecule has 33 heavy (non-hydrogen) atoms. The average molecular weight is 461 g/mol. The number of hydrogen-bond acceptors (Lipinski definition) is 6. The van der Waals surface area contributed by atoms with Crippen LogP contribution in [0.2, 0.25) is 0 Å². The molecule has 0 saturated heterocycles. The molecule has 0 fully saturated rings. The van der Waals surface area contributed by atoms with Crippen molar-refractivity contribution in [2.24, 2.45) is 0 Å². The highest BCUT2D eigenvalue weighted by molar-refractivity contribution is 7.08. The van der Waals surface area contributed by atoms with E-state index < -0.39 is 0 Å². The van der Waals surface area contributed by atoms with Gasteiger partial charge in [-0.05, 0) is 63.7 Å². The molecule has 0 spiro atoms. The molecule has 168 valence electrons. The van der Waals surface area contributed by atoms with Crippen LogP contribution in [0.15, 0.2) is 71.4 Å². The van der Waals surface area contributed by atoms with Gasteiger partial charge in [0.2, 0.25) is 0 Å². The minimum atomic E-state index is -0.0843. The maximum atomic E-state index is 12.3. The van der Waals surface area contributed by atoms with Crippen molar-refractivity contribution in [2.45, 2.75) is 19.3 Å². The van der Waals surface area contributed by atoms with Crippen molar-refractivity contribution in [1.29, 1.82) is 0 Å². The second-order valence-corrected chi connectivity index (χ2v) is 8.45. The Bertz CT molecular complexity index is 1260. The number of ketones is 2. The van der Waals surface area contributed by atoms with E-state index >= 15 is 0 Å². The van der Waals surface area contributed by atoms with E-state index in [4.69, 9.17) is 14.2 Å². The SMILES string of the molecule is COc1cc2cccc(Oc3ccc(CC(=O)CC(=O)Cc4ccsc4)cc3)c2cc1OC. The Kier molecular flexibility index (Phi) is 7.05. The van der Waals surface area contributed by atoms with Gasteiger partial charge in [-0.25, -0.2) is 0 Å². The van der Waals surface area contributed by atoms with Crippen molar-refractivity contribution in [1.82, 2.24) is 0 Å². The van der Waals surface area contributed by atoms with Gasteiger partial charge in [-0.3, -0.25) is 9.59 Å². The number of carbonyl (C=O) groups is 2. The lowest BCUT2D eigenvalue weighted by atomic mass is 10.0. The van der Waals surface area contributed by atoms with Gasteiger partial charge in [-0.1, -0.05) is 24.3 Å². The topological polar surface area (TPSA) is 61.8 Å². The molecule has 0 amide bonds. The fourth-order valence-corrected chi connectivity index (χ4v) is 4.33. The molecule has 0 N–H and O–H groups in total. The number of rotatable bonds is 10. The molecule has 3 aromatic carbocycles. The van der Waals surface area contributed by atoms with Gasteiger partial charge in [-0.2, -0.15) is 11.3 Å². The predicted octanol–water partition coefficient (Wildman–Crippen LogP) is 6.02. The molecule has 1 heterocycles. The number of Topliss-reactive ketones (excluding diaryl/α,β-unsaturated/α-hetero) is 2. The number of methoxy groups -OCH3 is 2. The minimum Gasteiger partial charge on any atom is -0.493 e. The van der Waals surface area contributed by atoms with Gasteiger partial charge in [0, 0.05) is 18.2 Å². The van der Waals surface area contributed by atoms with Crippen LogP contribution in [0.25, 0.3) is 10.8 Å². The molecule has 0 bridgehead atoms. The van der Waals surface area contributed by atoms with Crippen LogP contribution in [0.1, 0.15) is 17.5 Å². The van der Waals surface area contributed by atoms with Gasteiger partial charge >= 0.3 is 0 Å². The maximum absolute atomic E-state index is 12.3. The molecule has 0 unspecified atom stereocenters. The molecule has 5 nitrogen and oxygen atoms in total. The second-order valence-electron chi connectivity index (χ2n) is 7.67. The lowest BCUT2D eigenvalue weighted by Crippen LogP contribution is -2.12. The maximum Gasteiger partial charge on any atom is 0.161 e. The Labute approximate surface area is 196 Å². The lowest BCUT2D eigenvalue weighted by Gasteiger charge is -2.13. The van der Waals surface area contributed by atoms with Gasteiger partial charge in [0.25, 0.3) is 0 Å². The summed E-state index contributed by atoms with van der Waals surface area (Å²) in [6, 6.07) is 18.9. The highest BCUT2D eigenvalue weighted by atomic mass is 32.1. The summed E-state index contributed by atoms with van der Waals surface area (Å²) >= 11 is 1.55. The van der Waals surface area contributed by atoms with Crippen LogP contribution in [-0.4, -0.2) is 25.8 Å². The number of hydrogen-bond donors (Lipinski definition) is 0. The minimum absolute atomic E-state index is 0.0462. The van der Waals surface area contributed by atoms with Gasteiger partial charge < -0.3 is 14.2 Å². The van der Waals surface area contributed by atoms with Crippen LogP contribution in [0.4, 0.5) is 0 Å². The standard InChI is InChI=1S/C27H24O5S/c1-30-26-14-20-4-3-5-25(24(20)16-27(26)31-2)32-23-8-6-18(7-9-23)12-21(28)15-22(29)13-19-10-11-33-17-19/h3-11,14,16-17H,12-13,15H2,1-2H3. The van der Waals surface area contributed by atoms with Crippen molar-refractivity contribution in [3.8, 4) is 23.0 Å². The third-order valence-electron chi connectivity index (χ3n) is 5.27. The Balaban J connectivity index is 1.42. The van der Waals surface area contributed by atoms with Crippen molar-refractivity contribution in [3.05, 3.63) is 82.6 Å². The summed E-state index contributed by atoms with van der Waals surface area (Å²) in [5, 5.41) is 5.74. The van der Waals surface area contributed by atoms with E-state index in [-0.39, 0.29) is 24.4 Å². The second kappa shape index (κ2) is 10.3. The van der Waals surface area contributed by atoms with Crippen molar-refractivity contribution in [3.63, 3.8) is 0 Å². The smallest absolute Gasteiger partial charge is 0.161 e. The summed E-state index contributed by atoms with van der Waals surface area (Å²) in [4.78, 5) is 24.4. The number of thiophene rings is 1. The van der Waals surface area contributed by atoms with Gasteiger partial charge in [0.15, 0.2) is 11.5 Å². The molecule has 6 heteroatoms. The first-order valence-electron chi connectivity index (χ1n) is 10.5. The Morgan fingerprint density at radius 2 is 1.48 bits per heavy atom. The molecular weight excluding hydrogens is 436 g/mol. The average Bonchev–Trinajstić information content (AvgIpc) is 3.32.